The van der Waals surface area contributed by atoms with E-state index in [0.717, 1.165) is 18.5 Å². The molecular weight excluding hydrogens is 326 g/mol. The number of rotatable bonds is 6. The van der Waals surface area contributed by atoms with E-state index in [1.165, 1.54) is 36.8 Å². The van der Waals surface area contributed by atoms with Crippen LogP contribution in [0, 0.1) is 5.92 Å². The Labute approximate surface area is 136 Å². The fourth-order valence-electron chi connectivity index (χ4n) is 3.06. The van der Waals surface area contributed by atoms with Crippen LogP contribution >= 0.6 is 15.9 Å². The second-order valence-electron chi connectivity index (χ2n) is 6.03. The maximum atomic E-state index is 11.6. The second kappa shape index (κ2) is 7.98. The Morgan fingerprint density at radius 1 is 1.29 bits per heavy atom. The van der Waals surface area contributed by atoms with Crippen molar-refractivity contribution in [1.29, 1.82) is 0 Å². The highest BCUT2D eigenvalue weighted by molar-refractivity contribution is 9.09. The quantitative estimate of drug-likeness (QED) is 0.662. The number of carbonyl (C=O) groups excluding carboxylic acids is 1. The van der Waals surface area contributed by atoms with Gasteiger partial charge in [0.25, 0.3) is 0 Å². The summed E-state index contributed by atoms with van der Waals surface area (Å²) in [6.45, 7) is 4.53. The van der Waals surface area contributed by atoms with Crippen molar-refractivity contribution in [3.8, 4) is 0 Å². The minimum atomic E-state index is 0.145. The number of halogens is 1. The Morgan fingerprint density at radius 3 is 2.81 bits per heavy atom. The van der Waals surface area contributed by atoms with E-state index in [1.807, 2.05) is 0 Å². The van der Waals surface area contributed by atoms with Crippen molar-refractivity contribution in [2.45, 2.75) is 63.6 Å². The Hall–Kier alpha value is -0.830. The molecule has 0 radical (unpaired) electrons. The third-order valence-corrected chi connectivity index (χ3v) is 5.71. The zero-order chi connectivity index (χ0) is 15.2. The molecule has 1 heterocycles. The van der Waals surface area contributed by atoms with Crippen molar-refractivity contribution in [2.75, 3.05) is 5.32 Å². The maximum absolute atomic E-state index is 11.6. The molecule has 0 aromatic heterocycles. The zero-order valence-electron chi connectivity index (χ0n) is 13.1. The molecule has 1 aromatic carbocycles. The molecule has 1 aliphatic rings. The summed E-state index contributed by atoms with van der Waals surface area (Å²) in [4.78, 5) is 12.0. The average Bonchev–Trinajstić information content (AvgIpc) is 2.67. The van der Waals surface area contributed by atoms with E-state index in [4.69, 9.17) is 0 Å². The number of benzene rings is 1. The second-order valence-corrected chi connectivity index (χ2v) is 7.02. The predicted octanol–water partition coefficient (Wildman–Crippen LogP) is 5.61. The van der Waals surface area contributed by atoms with Crippen LogP contribution in [0.25, 0.3) is 0 Å². The number of carbonyl (C=O) groups is 1. The van der Waals surface area contributed by atoms with E-state index in [2.05, 4.69) is 53.3 Å². The van der Waals surface area contributed by atoms with Gasteiger partial charge in [0.1, 0.15) is 0 Å². The molecule has 2 atom stereocenters. The van der Waals surface area contributed by atoms with Gasteiger partial charge in [0.15, 0.2) is 0 Å². The highest BCUT2D eigenvalue weighted by Crippen LogP contribution is 2.38. The molecule has 0 bridgehead atoms. The molecule has 2 rings (SSSR count). The fraction of sp³-hybridized carbons (Fsp3) is 0.611. The number of aryl methyl sites for hydroxylation is 1. The van der Waals surface area contributed by atoms with Crippen molar-refractivity contribution < 1.29 is 4.79 Å². The number of hydrogen-bond donors (Lipinski definition) is 1. The van der Waals surface area contributed by atoms with E-state index in [0.29, 0.717) is 17.2 Å². The van der Waals surface area contributed by atoms with Gasteiger partial charge in [-0.05, 0) is 42.4 Å². The number of nitrogens with one attached hydrogen (secondary N) is 1. The van der Waals surface area contributed by atoms with E-state index < -0.39 is 0 Å². The zero-order valence-corrected chi connectivity index (χ0v) is 14.7. The van der Waals surface area contributed by atoms with Crippen LogP contribution < -0.4 is 5.32 Å². The van der Waals surface area contributed by atoms with Crippen LogP contribution in [0.5, 0.6) is 0 Å². The average molecular weight is 352 g/mol. The molecule has 116 valence electrons. The Bertz CT molecular complexity index is 486. The highest BCUT2D eigenvalue weighted by atomic mass is 79.9. The SMILES string of the molecule is CCCCC(CC)C(Br)c1ccc2c(c1)CCCC(=O)N2. The van der Waals surface area contributed by atoms with Gasteiger partial charge in [0.2, 0.25) is 5.91 Å². The molecule has 0 saturated heterocycles. The van der Waals surface area contributed by atoms with Crippen molar-refractivity contribution in [3.63, 3.8) is 0 Å². The summed E-state index contributed by atoms with van der Waals surface area (Å²) in [5, 5.41) is 3.01. The van der Waals surface area contributed by atoms with Crippen LogP contribution in [0.4, 0.5) is 5.69 Å². The molecule has 1 amide bonds. The molecule has 2 unspecified atom stereocenters. The molecule has 2 nitrogen and oxygen atoms in total. The lowest BCUT2D eigenvalue weighted by molar-refractivity contribution is -0.116. The molecule has 0 spiro atoms. The summed E-state index contributed by atoms with van der Waals surface area (Å²) < 4.78 is 0. The topological polar surface area (TPSA) is 29.1 Å². The van der Waals surface area contributed by atoms with Gasteiger partial charge in [-0.1, -0.05) is 61.2 Å². The summed E-state index contributed by atoms with van der Waals surface area (Å²) in [6, 6.07) is 6.53. The molecule has 3 heteroatoms. The highest BCUT2D eigenvalue weighted by Gasteiger charge is 2.20. The maximum Gasteiger partial charge on any atom is 0.224 e. The third kappa shape index (κ3) is 4.32. The Balaban J connectivity index is 2.16. The predicted molar refractivity (Wildman–Crippen MR) is 93.0 cm³/mol. The van der Waals surface area contributed by atoms with Crippen LogP contribution in [-0.4, -0.2) is 5.91 Å². The van der Waals surface area contributed by atoms with E-state index in [9.17, 15) is 4.79 Å². The van der Waals surface area contributed by atoms with Gasteiger partial charge in [-0.15, -0.1) is 0 Å². The van der Waals surface area contributed by atoms with Crippen LogP contribution in [0.1, 0.15) is 68.3 Å². The van der Waals surface area contributed by atoms with Crippen molar-refractivity contribution in [2.24, 2.45) is 5.92 Å². The molecule has 0 fully saturated rings. The first-order valence-electron chi connectivity index (χ1n) is 8.22. The van der Waals surface area contributed by atoms with Crippen molar-refractivity contribution in [1.82, 2.24) is 0 Å². The van der Waals surface area contributed by atoms with Gasteiger partial charge >= 0.3 is 0 Å². The van der Waals surface area contributed by atoms with Crippen molar-refractivity contribution in [3.05, 3.63) is 29.3 Å². The molecule has 21 heavy (non-hydrogen) atoms. The van der Waals surface area contributed by atoms with E-state index in [1.54, 1.807) is 0 Å². The van der Waals surface area contributed by atoms with Gasteiger partial charge in [0.05, 0.1) is 0 Å². The molecule has 1 N–H and O–H groups in total. The molecule has 0 aliphatic carbocycles. The van der Waals surface area contributed by atoms with Crippen LogP contribution in [0.2, 0.25) is 0 Å². The van der Waals surface area contributed by atoms with Crippen LogP contribution in [-0.2, 0) is 11.2 Å². The number of hydrogen-bond acceptors (Lipinski definition) is 1. The Morgan fingerprint density at radius 2 is 2.10 bits per heavy atom. The standard InChI is InChI=1S/C18H26BrNO/c1-3-5-7-13(4-2)18(19)15-10-11-16-14(12-15)8-6-9-17(21)20-16/h10-13,18H,3-9H2,1-2H3,(H,20,21). The van der Waals surface area contributed by atoms with Gasteiger partial charge < -0.3 is 5.32 Å². The van der Waals surface area contributed by atoms with E-state index in [-0.39, 0.29) is 5.91 Å². The monoisotopic (exact) mass is 351 g/mol. The molecular formula is C18H26BrNO. The summed E-state index contributed by atoms with van der Waals surface area (Å²) in [7, 11) is 0. The minimum Gasteiger partial charge on any atom is -0.326 e. The first-order chi connectivity index (χ1) is 10.2. The van der Waals surface area contributed by atoms with Gasteiger partial charge in [-0.2, -0.15) is 0 Å². The van der Waals surface area contributed by atoms with Crippen molar-refractivity contribution >= 4 is 27.5 Å². The lowest BCUT2D eigenvalue weighted by atomic mass is 9.90. The smallest absolute Gasteiger partial charge is 0.224 e. The normalized spacial score (nSPS) is 17.6. The van der Waals surface area contributed by atoms with Gasteiger partial charge in [-0.25, -0.2) is 0 Å². The lowest BCUT2D eigenvalue weighted by Crippen LogP contribution is -2.10. The summed E-state index contributed by atoms with van der Waals surface area (Å²) in [5.41, 5.74) is 3.64. The number of amides is 1. The summed E-state index contributed by atoms with van der Waals surface area (Å²) >= 11 is 3.91. The van der Waals surface area contributed by atoms with Gasteiger partial charge in [-0.3, -0.25) is 4.79 Å². The number of anilines is 1. The summed E-state index contributed by atoms with van der Waals surface area (Å²) in [5.74, 6) is 0.828. The van der Waals surface area contributed by atoms with Crippen LogP contribution in [0.3, 0.4) is 0 Å². The number of fused-ring (bicyclic) bond motifs is 1. The third-order valence-electron chi connectivity index (χ3n) is 4.44. The van der Waals surface area contributed by atoms with Gasteiger partial charge in [0, 0.05) is 16.9 Å². The lowest BCUT2D eigenvalue weighted by Gasteiger charge is -2.22. The first kappa shape index (κ1) is 16.5. The number of alkyl halides is 1. The minimum absolute atomic E-state index is 0.145. The number of unbranched alkanes of at least 4 members (excludes halogenated alkanes) is 1. The molecule has 0 saturated carbocycles. The fourth-order valence-corrected chi connectivity index (χ4v) is 3.98. The molecule has 1 aliphatic heterocycles. The largest absolute Gasteiger partial charge is 0.326 e. The van der Waals surface area contributed by atoms with Crippen LogP contribution in [0.15, 0.2) is 18.2 Å². The van der Waals surface area contributed by atoms with E-state index >= 15 is 0 Å². The first-order valence-corrected chi connectivity index (χ1v) is 9.14. The Kier molecular flexibility index (Phi) is 6.28. The molecule has 1 aromatic rings. The summed E-state index contributed by atoms with van der Waals surface area (Å²) in [6.07, 6.45) is 7.60.